The van der Waals surface area contributed by atoms with Crippen LogP contribution in [0.15, 0.2) is 60.8 Å². The number of aliphatic carboxylic acids is 1. The van der Waals surface area contributed by atoms with Crippen LogP contribution in [-0.4, -0.2) is 60.4 Å². The van der Waals surface area contributed by atoms with Gasteiger partial charge in [-0.2, -0.15) is 8.42 Å². The number of nitrogens with one attached hydrogen (secondary N) is 3. The molecule has 2 aromatic carbocycles. The van der Waals surface area contributed by atoms with Crippen LogP contribution in [0.4, 0.5) is 5.69 Å². The number of nitrogens with zero attached hydrogens (tertiary/aromatic N) is 1. The molecule has 13 nitrogen and oxygen atoms in total. The molecule has 2 amide bonds. The highest BCUT2D eigenvalue weighted by atomic mass is 32.2. The van der Waals surface area contributed by atoms with Gasteiger partial charge < -0.3 is 25.7 Å². The second-order valence-corrected chi connectivity index (χ2v) is 10.8. The molecule has 214 valence electrons. The number of hydrogen-bond acceptors (Lipinski definition) is 9. The van der Waals surface area contributed by atoms with Crippen LogP contribution in [0.25, 0.3) is 11.1 Å². The van der Waals surface area contributed by atoms with Crippen molar-refractivity contribution in [1.82, 2.24) is 10.3 Å². The molecular formula is C27H27N5O8S. The number of carbonyl (C=O) groups is 4. The number of carbonyl (C=O) groups excluding carboxylic acids is 3. The second-order valence-electron chi connectivity index (χ2n) is 9.21. The lowest BCUT2D eigenvalue weighted by Gasteiger charge is -2.18. The highest BCUT2D eigenvalue weighted by Gasteiger charge is 2.27. The summed E-state index contributed by atoms with van der Waals surface area (Å²) in [6.07, 6.45) is 2.01. The Morgan fingerprint density at radius 2 is 1.61 bits per heavy atom. The fourth-order valence-electron chi connectivity index (χ4n) is 3.74. The number of nitrogen functional groups attached to an aromatic ring is 1. The van der Waals surface area contributed by atoms with E-state index in [0.29, 0.717) is 17.5 Å². The summed E-state index contributed by atoms with van der Waals surface area (Å²) >= 11 is 0. The fraction of sp³-hybridized carbons (Fsp3) is 0.185. The van der Waals surface area contributed by atoms with Gasteiger partial charge in [0.05, 0.1) is 11.8 Å². The van der Waals surface area contributed by atoms with Crippen molar-refractivity contribution in [2.45, 2.75) is 19.9 Å². The number of carboxylic acids is 1. The highest BCUT2D eigenvalue weighted by molar-refractivity contribution is 7.86. The van der Waals surface area contributed by atoms with Crippen molar-refractivity contribution >= 4 is 45.4 Å². The van der Waals surface area contributed by atoms with E-state index in [9.17, 15) is 32.7 Å². The number of amides is 2. The lowest BCUT2D eigenvalue weighted by atomic mass is 9.95. The van der Waals surface area contributed by atoms with Gasteiger partial charge in [-0.05, 0) is 53.9 Å². The van der Waals surface area contributed by atoms with E-state index < -0.39 is 45.8 Å². The van der Waals surface area contributed by atoms with Gasteiger partial charge in [-0.25, -0.2) is 9.59 Å². The topological polar surface area (TPSA) is 219 Å². The smallest absolute Gasteiger partial charge is 0.354 e. The average Bonchev–Trinajstić information content (AvgIpc) is 2.90. The van der Waals surface area contributed by atoms with Crippen molar-refractivity contribution in [1.29, 1.82) is 5.41 Å². The third-order valence-electron chi connectivity index (χ3n) is 5.71. The summed E-state index contributed by atoms with van der Waals surface area (Å²) in [5, 5.41) is 21.9. The van der Waals surface area contributed by atoms with E-state index in [1.54, 1.807) is 13.8 Å². The Balaban J connectivity index is 2.06. The van der Waals surface area contributed by atoms with Crippen LogP contribution in [0.5, 0.6) is 0 Å². The first-order chi connectivity index (χ1) is 19.2. The maximum atomic E-state index is 13.2. The normalized spacial score (nSPS) is 11.8. The monoisotopic (exact) mass is 581 g/mol. The predicted molar refractivity (Wildman–Crippen MR) is 149 cm³/mol. The SMILES string of the molecule is CC(C)[C@H](NC(=O)c1ccc(-c2cccnc2C(=O)Nc2ccc(C(=N)N)cc2)c(C(=O)OS(C)(=O)=O)c1)C(=O)O. The van der Waals surface area contributed by atoms with Gasteiger partial charge in [0.15, 0.2) is 0 Å². The Bertz CT molecular complexity index is 1640. The molecule has 0 saturated heterocycles. The number of benzene rings is 2. The molecule has 0 aliphatic heterocycles. The first kappa shape index (κ1) is 30.4. The number of nitrogens with two attached hydrogens (primary N) is 1. The number of pyridine rings is 1. The van der Waals surface area contributed by atoms with E-state index in [1.807, 2.05) is 0 Å². The molecular weight excluding hydrogens is 554 g/mol. The van der Waals surface area contributed by atoms with Gasteiger partial charge in [-0.3, -0.25) is 20.0 Å². The largest absolute Gasteiger partial charge is 0.480 e. The van der Waals surface area contributed by atoms with Crippen molar-refractivity contribution in [3.8, 4) is 11.1 Å². The minimum Gasteiger partial charge on any atom is -0.480 e. The first-order valence-corrected chi connectivity index (χ1v) is 13.8. The summed E-state index contributed by atoms with van der Waals surface area (Å²) in [6.45, 7) is 3.20. The van der Waals surface area contributed by atoms with Gasteiger partial charge in [0.2, 0.25) is 0 Å². The minimum absolute atomic E-state index is 0.0269. The summed E-state index contributed by atoms with van der Waals surface area (Å²) in [4.78, 5) is 54.7. The van der Waals surface area contributed by atoms with Gasteiger partial charge >= 0.3 is 22.1 Å². The number of hydrogen-bond donors (Lipinski definition) is 5. The number of anilines is 1. The second kappa shape index (κ2) is 12.4. The molecule has 0 bridgehead atoms. The Morgan fingerprint density at radius 1 is 0.976 bits per heavy atom. The van der Waals surface area contributed by atoms with Crippen LogP contribution in [0.2, 0.25) is 0 Å². The molecule has 0 spiro atoms. The molecule has 1 aromatic heterocycles. The molecule has 0 aliphatic rings. The van der Waals surface area contributed by atoms with Crippen LogP contribution >= 0.6 is 0 Å². The van der Waals surface area contributed by atoms with Crippen molar-refractivity contribution in [2.24, 2.45) is 11.7 Å². The molecule has 41 heavy (non-hydrogen) atoms. The molecule has 1 heterocycles. The van der Waals surface area contributed by atoms with E-state index in [4.69, 9.17) is 11.1 Å². The standard InChI is InChI=1S/C27H27N5O8S/c1-14(2)21(26(35)36)32-24(33)16-8-11-18(20(13-16)27(37)40-41(3,38)39)19-5-4-12-30-22(19)25(34)31-17-9-6-15(7-10-17)23(28)29/h4-14,21H,1-3H3,(H3,28,29)(H,31,34)(H,32,33)(H,35,36)/t21-/m0/s1. The van der Waals surface area contributed by atoms with Gasteiger partial charge in [-0.15, -0.1) is 0 Å². The van der Waals surface area contributed by atoms with Gasteiger partial charge in [0.25, 0.3) is 11.8 Å². The lowest BCUT2D eigenvalue weighted by Crippen LogP contribution is -2.44. The van der Waals surface area contributed by atoms with E-state index in [0.717, 1.165) is 6.07 Å². The molecule has 0 unspecified atom stereocenters. The number of rotatable bonds is 10. The number of carboxylic acid groups (broad SMARTS) is 1. The van der Waals surface area contributed by atoms with Crippen LogP contribution in [0.1, 0.15) is 50.6 Å². The zero-order valence-electron chi connectivity index (χ0n) is 22.2. The maximum absolute atomic E-state index is 13.2. The van der Waals surface area contributed by atoms with Gasteiger partial charge in [0.1, 0.15) is 17.6 Å². The first-order valence-electron chi connectivity index (χ1n) is 12.0. The summed E-state index contributed by atoms with van der Waals surface area (Å²) in [5.74, 6) is -4.70. The van der Waals surface area contributed by atoms with E-state index >= 15 is 0 Å². The van der Waals surface area contributed by atoms with Crippen LogP contribution in [0.3, 0.4) is 0 Å². The molecule has 0 saturated carbocycles. The Labute approximate surface area is 235 Å². The summed E-state index contributed by atoms with van der Waals surface area (Å²) in [7, 11) is -4.27. The van der Waals surface area contributed by atoms with Crippen molar-refractivity contribution < 1.29 is 36.9 Å². The quantitative estimate of drug-likeness (QED) is 0.133. The van der Waals surface area contributed by atoms with E-state index in [2.05, 4.69) is 19.8 Å². The minimum atomic E-state index is -4.27. The molecule has 14 heteroatoms. The van der Waals surface area contributed by atoms with Crippen molar-refractivity contribution in [2.75, 3.05) is 11.6 Å². The van der Waals surface area contributed by atoms with Crippen molar-refractivity contribution in [3.05, 3.63) is 83.2 Å². The molecule has 6 N–H and O–H groups in total. The molecule has 3 rings (SSSR count). The average molecular weight is 582 g/mol. The van der Waals surface area contributed by atoms with Gasteiger partial charge in [-0.1, -0.05) is 26.0 Å². The third kappa shape index (κ3) is 7.73. The van der Waals surface area contributed by atoms with E-state index in [-0.39, 0.29) is 33.8 Å². The zero-order chi connectivity index (χ0) is 30.5. The summed E-state index contributed by atoms with van der Waals surface area (Å²) in [5.41, 5.74) is 5.73. The Kier molecular flexibility index (Phi) is 9.19. The number of aromatic nitrogens is 1. The highest BCUT2D eigenvalue weighted by Crippen LogP contribution is 2.29. The molecule has 0 radical (unpaired) electrons. The third-order valence-corrected chi connectivity index (χ3v) is 6.17. The predicted octanol–water partition coefficient (Wildman–Crippen LogP) is 2.24. The van der Waals surface area contributed by atoms with E-state index in [1.165, 1.54) is 54.7 Å². The zero-order valence-corrected chi connectivity index (χ0v) is 23.0. The van der Waals surface area contributed by atoms with Crippen LogP contribution in [-0.2, 0) is 19.1 Å². The Hall–Kier alpha value is -5.11. The summed E-state index contributed by atoms with van der Waals surface area (Å²) in [6, 6.07) is 11.5. The van der Waals surface area contributed by atoms with Crippen LogP contribution in [0, 0.1) is 11.3 Å². The fourth-order valence-corrected chi connectivity index (χ4v) is 4.10. The van der Waals surface area contributed by atoms with Crippen molar-refractivity contribution in [3.63, 3.8) is 0 Å². The summed E-state index contributed by atoms with van der Waals surface area (Å²) < 4.78 is 28.0. The van der Waals surface area contributed by atoms with Crippen LogP contribution < -0.4 is 16.4 Å². The molecule has 0 aliphatic carbocycles. The Morgan fingerprint density at radius 3 is 2.17 bits per heavy atom. The maximum Gasteiger partial charge on any atom is 0.354 e. The number of amidine groups is 1. The van der Waals surface area contributed by atoms with Gasteiger partial charge in [0, 0.05) is 28.6 Å². The molecule has 1 atom stereocenters. The lowest BCUT2D eigenvalue weighted by molar-refractivity contribution is -0.140. The molecule has 0 fully saturated rings. The molecule has 3 aromatic rings.